The summed E-state index contributed by atoms with van der Waals surface area (Å²) >= 11 is 0. The maximum Gasteiger partial charge on any atom is 0.336 e. The van der Waals surface area contributed by atoms with Gasteiger partial charge >= 0.3 is 11.7 Å². The van der Waals surface area contributed by atoms with Gasteiger partial charge in [-0.15, -0.1) is 0 Å². The van der Waals surface area contributed by atoms with Gasteiger partial charge in [-0.05, 0) is 13.0 Å². The van der Waals surface area contributed by atoms with Crippen molar-refractivity contribution in [2.24, 2.45) is 0 Å². The molecule has 0 bridgehead atoms. The summed E-state index contributed by atoms with van der Waals surface area (Å²) in [6.07, 6.45) is 0.760. The molecule has 2 rings (SSSR count). The molecule has 1 fully saturated rings. The summed E-state index contributed by atoms with van der Waals surface area (Å²) in [7, 11) is 1.28. The van der Waals surface area contributed by atoms with Crippen LogP contribution in [0.1, 0.15) is 5.56 Å². The molecule has 0 saturated carbocycles. The van der Waals surface area contributed by atoms with Crippen molar-refractivity contribution in [2.75, 3.05) is 31.7 Å². The fraction of sp³-hybridized carbons (Fsp3) is 0.500. The second-order valence-electron chi connectivity index (χ2n) is 4.39. The van der Waals surface area contributed by atoms with Crippen LogP contribution in [0.15, 0.2) is 12.3 Å². The highest BCUT2D eigenvalue weighted by atomic mass is 16.6. The molecule has 1 aromatic rings. The number of aryl methyl sites for hydroxylation is 1. The van der Waals surface area contributed by atoms with Crippen molar-refractivity contribution in [2.45, 2.75) is 13.0 Å². The van der Waals surface area contributed by atoms with E-state index in [1.54, 1.807) is 17.9 Å². The molecular weight excluding hydrogens is 266 g/mol. The number of methoxy groups -OCH3 is 1. The Hall–Kier alpha value is -2.22. The van der Waals surface area contributed by atoms with Crippen molar-refractivity contribution < 1.29 is 19.2 Å². The Balaban J connectivity index is 2.30. The smallest absolute Gasteiger partial charge is 0.336 e. The van der Waals surface area contributed by atoms with Crippen LogP contribution in [0.25, 0.3) is 0 Å². The maximum atomic E-state index is 11.5. The standard InChI is InChI=1S/C12H15N3O5/c1-8-3-4-13-11(10(8)15(17)18)14-5-6-20-9(7-14)12(16)19-2/h3-4,9H,5-7H2,1-2H3. The van der Waals surface area contributed by atoms with Crippen LogP contribution in [-0.4, -0.2) is 48.8 Å². The topological polar surface area (TPSA) is 94.8 Å². The van der Waals surface area contributed by atoms with Crippen molar-refractivity contribution in [3.05, 3.63) is 27.9 Å². The van der Waals surface area contributed by atoms with Crippen LogP contribution in [0.4, 0.5) is 11.5 Å². The number of carbonyl (C=O) groups excluding carboxylic acids is 1. The molecule has 0 spiro atoms. The van der Waals surface area contributed by atoms with Crippen LogP contribution < -0.4 is 4.90 Å². The van der Waals surface area contributed by atoms with E-state index in [9.17, 15) is 14.9 Å². The van der Waals surface area contributed by atoms with Gasteiger partial charge in [0.2, 0.25) is 5.82 Å². The first kappa shape index (κ1) is 14.2. The third-order valence-electron chi connectivity index (χ3n) is 3.12. The van der Waals surface area contributed by atoms with Gasteiger partial charge in [0.15, 0.2) is 6.10 Å². The zero-order valence-electron chi connectivity index (χ0n) is 11.2. The van der Waals surface area contributed by atoms with E-state index in [1.807, 2.05) is 0 Å². The quantitative estimate of drug-likeness (QED) is 0.456. The average Bonchev–Trinajstić information content (AvgIpc) is 2.45. The van der Waals surface area contributed by atoms with Crippen LogP contribution in [0.3, 0.4) is 0 Å². The molecule has 20 heavy (non-hydrogen) atoms. The number of pyridine rings is 1. The number of esters is 1. The van der Waals surface area contributed by atoms with E-state index in [4.69, 9.17) is 4.74 Å². The number of hydrogen-bond donors (Lipinski definition) is 0. The highest BCUT2D eigenvalue weighted by molar-refractivity contribution is 5.76. The summed E-state index contributed by atoms with van der Waals surface area (Å²) in [6, 6.07) is 1.58. The Morgan fingerprint density at radius 1 is 1.65 bits per heavy atom. The molecule has 108 valence electrons. The number of anilines is 1. The Kier molecular flexibility index (Phi) is 4.14. The zero-order valence-corrected chi connectivity index (χ0v) is 11.2. The lowest BCUT2D eigenvalue weighted by Gasteiger charge is -2.32. The van der Waals surface area contributed by atoms with Crippen molar-refractivity contribution >= 4 is 17.5 Å². The zero-order chi connectivity index (χ0) is 14.7. The molecule has 0 aliphatic carbocycles. The van der Waals surface area contributed by atoms with Gasteiger partial charge in [-0.2, -0.15) is 0 Å². The van der Waals surface area contributed by atoms with E-state index in [1.165, 1.54) is 13.3 Å². The predicted molar refractivity (Wildman–Crippen MR) is 69.6 cm³/mol. The third kappa shape index (κ3) is 2.69. The molecule has 1 unspecified atom stereocenters. The normalized spacial score (nSPS) is 18.7. The lowest BCUT2D eigenvalue weighted by atomic mass is 10.2. The molecule has 0 aromatic carbocycles. The van der Waals surface area contributed by atoms with Gasteiger partial charge in [0.05, 0.1) is 25.2 Å². The molecule has 8 nitrogen and oxygen atoms in total. The molecule has 1 aromatic heterocycles. The second-order valence-corrected chi connectivity index (χ2v) is 4.39. The lowest BCUT2D eigenvalue weighted by Crippen LogP contribution is -2.47. The van der Waals surface area contributed by atoms with Crippen molar-refractivity contribution in [3.8, 4) is 0 Å². The highest BCUT2D eigenvalue weighted by Gasteiger charge is 2.32. The molecular formula is C12H15N3O5. The summed E-state index contributed by atoms with van der Waals surface area (Å²) in [5, 5.41) is 11.2. The van der Waals surface area contributed by atoms with E-state index >= 15 is 0 Å². The molecule has 1 atom stereocenters. The van der Waals surface area contributed by atoms with Crippen LogP contribution in [0.2, 0.25) is 0 Å². The maximum absolute atomic E-state index is 11.5. The van der Waals surface area contributed by atoms with Crippen LogP contribution in [-0.2, 0) is 14.3 Å². The van der Waals surface area contributed by atoms with E-state index in [-0.39, 0.29) is 24.7 Å². The number of carbonyl (C=O) groups is 1. The number of morpholine rings is 1. The number of nitro groups is 1. The Labute approximate surface area is 115 Å². The fourth-order valence-electron chi connectivity index (χ4n) is 2.11. The first-order valence-corrected chi connectivity index (χ1v) is 6.09. The molecule has 0 N–H and O–H groups in total. The van der Waals surface area contributed by atoms with Crippen molar-refractivity contribution in [3.63, 3.8) is 0 Å². The van der Waals surface area contributed by atoms with Crippen molar-refractivity contribution in [1.29, 1.82) is 0 Å². The van der Waals surface area contributed by atoms with Gasteiger partial charge in [-0.3, -0.25) is 10.1 Å². The number of ether oxygens (including phenoxy) is 2. The van der Waals surface area contributed by atoms with Gasteiger partial charge in [0, 0.05) is 18.3 Å². The molecule has 8 heteroatoms. The fourth-order valence-corrected chi connectivity index (χ4v) is 2.11. The summed E-state index contributed by atoms with van der Waals surface area (Å²) in [5.74, 6) is -0.239. The molecule has 2 heterocycles. The van der Waals surface area contributed by atoms with E-state index < -0.39 is 17.0 Å². The van der Waals surface area contributed by atoms with E-state index in [0.717, 1.165) is 0 Å². The summed E-state index contributed by atoms with van der Waals surface area (Å²) < 4.78 is 9.93. The van der Waals surface area contributed by atoms with Crippen LogP contribution in [0, 0.1) is 17.0 Å². The summed E-state index contributed by atoms with van der Waals surface area (Å²) in [4.78, 5) is 28.0. The number of aromatic nitrogens is 1. The SMILES string of the molecule is COC(=O)C1CN(c2nccc(C)c2[N+](=O)[O-])CCO1. The highest BCUT2D eigenvalue weighted by Crippen LogP contribution is 2.30. The van der Waals surface area contributed by atoms with Gasteiger partial charge < -0.3 is 14.4 Å². The van der Waals surface area contributed by atoms with Gasteiger partial charge in [-0.25, -0.2) is 9.78 Å². The van der Waals surface area contributed by atoms with Crippen LogP contribution in [0.5, 0.6) is 0 Å². The molecule has 0 amide bonds. The average molecular weight is 281 g/mol. The Morgan fingerprint density at radius 3 is 3.05 bits per heavy atom. The lowest BCUT2D eigenvalue weighted by molar-refractivity contribution is -0.384. The molecule has 1 aliphatic rings. The van der Waals surface area contributed by atoms with E-state index in [2.05, 4.69) is 9.72 Å². The van der Waals surface area contributed by atoms with Crippen molar-refractivity contribution in [1.82, 2.24) is 4.98 Å². The minimum atomic E-state index is -0.754. The van der Waals surface area contributed by atoms with Crippen LogP contribution >= 0.6 is 0 Å². The molecule has 1 saturated heterocycles. The van der Waals surface area contributed by atoms with Gasteiger partial charge in [0.1, 0.15) is 0 Å². The second kappa shape index (κ2) is 5.83. The first-order chi connectivity index (χ1) is 9.54. The molecule has 0 radical (unpaired) electrons. The molecule has 1 aliphatic heterocycles. The number of nitrogens with zero attached hydrogens (tertiary/aromatic N) is 3. The number of rotatable bonds is 3. The largest absolute Gasteiger partial charge is 0.467 e. The summed E-state index contributed by atoms with van der Waals surface area (Å²) in [5.41, 5.74) is 0.485. The first-order valence-electron chi connectivity index (χ1n) is 6.09. The minimum absolute atomic E-state index is 0.0435. The van der Waals surface area contributed by atoms with Gasteiger partial charge in [-0.1, -0.05) is 0 Å². The van der Waals surface area contributed by atoms with Gasteiger partial charge in [0.25, 0.3) is 0 Å². The minimum Gasteiger partial charge on any atom is -0.467 e. The summed E-state index contributed by atoms with van der Waals surface area (Å²) in [6.45, 7) is 2.56. The third-order valence-corrected chi connectivity index (χ3v) is 3.12. The Bertz CT molecular complexity index is 534. The Morgan fingerprint density at radius 2 is 2.40 bits per heavy atom. The monoisotopic (exact) mass is 281 g/mol. The van der Waals surface area contributed by atoms with E-state index in [0.29, 0.717) is 12.1 Å². The predicted octanol–water partition coefficient (Wildman–Crippen LogP) is 0.676. The number of hydrogen-bond acceptors (Lipinski definition) is 7.